The molecule has 1 heterocycles. The van der Waals surface area contributed by atoms with Crippen LogP contribution in [0, 0.1) is 0 Å². The summed E-state index contributed by atoms with van der Waals surface area (Å²) >= 11 is 0. The molecule has 0 unspecified atom stereocenters. The van der Waals surface area contributed by atoms with Gasteiger partial charge in [0.15, 0.2) is 6.54 Å². The van der Waals surface area contributed by atoms with Gasteiger partial charge in [-0.15, -0.1) is 0 Å². The molecule has 30 heavy (non-hydrogen) atoms. The summed E-state index contributed by atoms with van der Waals surface area (Å²) in [5, 5.41) is 5.33. The molecule has 2 aromatic rings. The van der Waals surface area contributed by atoms with Crippen LogP contribution in [0.1, 0.15) is 15.9 Å². The van der Waals surface area contributed by atoms with Crippen LogP contribution < -0.4 is 20.4 Å². The summed E-state index contributed by atoms with van der Waals surface area (Å²) in [5.41, 5.74) is 0.882. The van der Waals surface area contributed by atoms with Gasteiger partial charge in [0.2, 0.25) is 0 Å². The van der Waals surface area contributed by atoms with E-state index < -0.39 is 11.7 Å². The van der Waals surface area contributed by atoms with Crippen molar-refractivity contribution in [2.75, 3.05) is 50.0 Å². The second kappa shape index (κ2) is 9.17. The second-order valence-electron chi connectivity index (χ2n) is 7.17. The summed E-state index contributed by atoms with van der Waals surface area (Å²) in [4.78, 5) is 27.0. The van der Waals surface area contributed by atoms with E-state index in [1.54, 1.807) is 30.3 Å². The molecule has 2 amide bonds. The number of carbonyl (C=O) groups is 2. The first-order valence-electron chi connectivity index (χ1n) is 9.64. The third-order valence-corrected chi connectivity index (χ3v) is 5.06. The highest BCUT2D eigenvalue weighted by molar-refractivity contribution is 5.97. The largest absolute Gasteiger partial charge is 0.416 e. The van der Waals surface area contributed by atoms with Crippen LogP contribution in [-0.4, -0.2) is 51.6 Å². The number of quaternary nitrogens is 1. The number of carbonyl (C=O) groups excluding carboxylic acids is 2. The molecule has 1 saturated heterocycles. The van der Waals surface area contributed by atoms with E-state index in [0.717, 1.165) is 17.0 Å². The van der Waals surface area contributed by atoms with E-state index in [9.17, 15) is 22.8 Å². The number of nitrogens with zero attached hydrogens (tertiary/aromatic N) is 1. The SMILES string of the molecule is CNC(=O)c1cccc(NC(=O)C[NH+]2CCN(c3cccc(C(F)(F)F)c3)CC2)c1. The first-order chi connectivity index (χ1) is 14.3. The molecule has 0 aromatic heterocycles. The minimum Gasteiger partial charge on any atom is -0.360 e. The third-order valence-electron chi connectivity index (χ3n) is 5.06. The number of hydrogen-bond donors (Lipinski definition) is 3. The predicted molar refractivity (Wildman–Crippen MR) is 108 cm³/mol. The van der Waals surface area contributed by atoms with Gasteiger partial charge >= 0.3 is 6.18 Å². The van der Waals surface area contributed by atoms with Gasteiger partial charge in [-0.05, 0) is 36.4 Å². The fourth-order valence-corrected chi connectivity index (χ4v) is 3.45. The molecule has 0 spiro atoms. The molecule has 0 bridgehead atoms. The van der Waals surface area contributed by atoms with Gasteiger partial charge in [0.05, 0.1) is 31.7 Å². The minimum atomic E-state index is -4.36. The number of alkyl halides is 3. The number of hydrogen-bond acceptors (Lipinski definition) is 3. The Labute approximate surface area is 172 Å². The molecule has 2 aromatic carbocycles. The van der Waals surface area contributed by atoms with Gasteiger partial charge in [-0.3, -0.25) is 9.59 Å². The maximum atomic E-state index is 12.9. The van der Waals surface area contributed by atoms with Crippen molar-refractivity contribution < 1.29 is 27.7 Å². The number of rotatable bonds is 5. The Bertz CT molecular complexity index is 909. The molecule has 6 nitrogen and oxygen atoms in total. The van der Waals surface area contributed by atoms with E-state index in [0.29, 0.717) is 43.1 Å². The lowest BCUT2D eigenvalue weighted by Crippen LogP contribution is -3.15. The van der Waals surface area contributed by atoms with Gasteiger partial charge in [-0.1, -0.05) is 12.1 Å². The second-order valence-corrected chi connectivity index (χ2v) is 7.17. The van der Waals surface area contributed by atoms with Crippen LogP contribution in [-0.2, 0) is 11.0 Å². The Morgan fingerprint density at radius 3 is 2.43 bits per heavy atom. The molecule has 3 rings (SSSR count). The zero-order chi connectivity index (χ0) is 21.7. The topological polar surface area (TPSA) is 65.9 Å². The van der Waals surface area contributed by atoms with Crippen LogP contribution in [0.5, 0.6) is 0 Å². The quantitative estimate of drug-likeness (QED) is 0.684. The lowest BCUT2D eigenvalue weighted by atomic mass is 10.1. The summed E-state index contributed by atoms with van der Waals surface area (Å²) in [5.74, 6) is -0.408. The van der Waals surface area contributed by atoms with E-state index in [1.165, 1.54) is 13.1 Å². The summed E-state index contributed by atoms with van der Waals surface area (Å²) in [6, 6.07) is 12.0. The van der Waals surface area contributed by atoms with Crippen molar-refractivity contribution in [1.82, 2.24) is 5.32 Å². The highest BCUT2D eigenvalue weighted by atomic mass is 19.4. The monoisotopic (exact) mass is 421 g/mol. The minimum absolute atomic E-state index is 0.174. The molecular formula is C21H24F3N4O2+. The van der Waals surface area contributed by atoms with Crippen LogP contribution in [0.15, 0.2) is 48.5 Å². The number of piperazine rings is 1. The van der Waals surface area contributed by atoms with E-state index in [4.69, 9.17) is 0 Å². The Balaban J connectivity index is 1.52. The first-order valence-corrected chi connectivity index (χ1v) is 9.64. The molecule has 9 heteroatoms. The fourth-order valence-electron chi connectivity index (χ4n) is 3.45. The van der Waals surface area contributed by atoms with Crippen LogP contribution in [0.4, 0.5) is 24.5 Å². The Hall–Kier alpha value is -3.07. The van der Waals surface area contributed by atoms with Gasteiger partial charge < -0.3 is 20.4 Å². The average molecular weight is 421 g/mol. The highest BCUT2D eigenvalue weighted by Gasteiger charge is 2.31. The van der Waals surface area contributed by atoms with E-state index >= 15 is 0 Å². The van der Waals surface area contributed by atoms with Crippen molar-refractivity contribution in [3.05, 3.63) is 59.7 Å². The zero-order valence-electron chi connectivity index (χ0n) is 16.6. The highest BCUT2D eigenvalue weighted by Crippen LogP contribution is 2.31. The predicted octanol–water partition coefficient (Wildman–Crippen LogP) is 1.41. The number of amides is 2. The zero-order valence-corrected chi connectivity index (χ0v) is 16.6. The lowest BCUT2D eigenvalue weighted by Gasteiger charge is -2.33. The number of halogens is 3. The van der Waals surface area contributed by atoms with Crippen LogP contribution in [0.2, 0.25) is 0 Å². The van der Waals surface area contributed by atoms with Crippen molar-refractivity contribution >= 4 is 23.2 Å². The number of benzene rings is 2. The summed E-state index contributed by atoms with van der Waals surface area (Å²) in [6.45, 7) is 2.66. The Kier molecular flexibility index (Phi) is 6.61. The van der Waals surface area contributed by atoms with Crippen molar-refractivity contribution in [2.45, 2.75) is 6.18 Å². The molecule has 1 aliphatic heterocycles. The average Bonchev–Trinajstić information content (AvgIpc) is 2.73. The van der Waals surface area contributed by atoms with Crippen molar-refractivity contribution in [3.8, 4) is 0 Å². The molecule has 0 atom stereocenters. The Morgan fingerprint density at radius 1 is 1.07 bits per heavy atom. The molecular weight excluding hydrogens is 397 g/mol. The van der Waals surface area contributed by atoms with Crippen LogP contribution in [0.25, 0.3) is 0 Å². The molecule has 0 saturated carbocycles. The van der Waals surface area contributed by atoms with E-state index in [1.807, 2.05) is 4.90 Å². The third kappa shape index (κ3) is 5.50. The molecule has 1 fully saturated rings. The number of nitrogens with one attached hydrogen (secondary N) is 3. The van der Waals surface area contributed by atoms with Gasteiger partial charge in [0, 0.05) is 24.0 Å². The maximum absolute atomic E-state index is 12.9. The van der Waals surface area contributed by atoms with Gasteiger partial charge in [0.25, 0.3) is 11.8 Å². The van der Waals surface area contributed by atoms with Crippen LogP contribution >= 0.6 is 0 Å². The lowest BCUT2D eigenvalue weighted by molar-refractivity contribution is -0.892. The summed E-state index contributed by atoms with van der Waals surface area (Å²) in [6.07, 6.45) is -4.36. The molecule has 3 N–H and O–H groups in total. The summed E-state index contributed by atoms with van der Waals surface area (Å²) in [7, 11) is 1.54. The molecule has 0 aliphatic carbocycles. The Morgan fingerprint density at radius 2 is 1.77 bits per heavy atom. The van der Waals surface area contributed by atoms with E-state index in [-0.39, 0.29) is 18.4 Å². The van der Waals surface area contributed by atoms with Gasteiger partial charge in [-0.25, -0.2) is 0 Å². The van der Waals surface area contributed by atoms with Gasteiger partial charge in [-0.2, -0.15) is 13.2 Å². The van der Waals surface area contributed by atoms with E-state index in [2.05, 4.69) is 10.6 Å². The van der Waals surface area contributed by atoms with Crippen molar-refractivity contribution in [2.24, 2.45) is 0 Å². The van der Waals surface area contributed by atoms with Crippen LogP contribution in [0.3, 0.4) is 0 Å². The molecule has 0 radical (unpaired) electrons. The fraction of sp³-hybridized carbons (Fsp3) is 0.333. The normalized spacial score (nSPS) is 15.0. The van der Waals surface area contributed by atoms with Crippen molar-refractivity contribution in [3.63, 3.8) is 0 Å². The number of anilines is 2. The molecule has 1 aliphatic rings. The smallest absolute Gasteiger partial charge is 0.360 e. The first kappa shape index (κ1) is 21.6. The van der Waals surface area contributed by atoms with Gasteiger partial charge in [0.1, 0.15) is 0 Å². The maximum Gasteiger partial charge on any atom is 0.416 e. The molecule has 160 valence electrons. The standard InChI is InChI=1S/C21H23F3N4O2/c1-25-20(30)15-4-2-6-17(12-15)26-19(29)14-27-8-10-28(11-9-27)18-7-3-5-16(13-18)21(22,23)24/h2-7,12-13H,8-11,14H2,1H3,(H,25,30)(H,26,29)/p+1. The van der Waals surface area contributed by atoms with Crippen molar-refractivity contribution in [1.29, 1.82) is 0 Å². The summed E-state index contributed by atoms with van der Waals surface area (Å²) < 4.78 is 38.8.